The van der Waals surface area contributed by atoms with Crippen molar-refractivity contribution in [2.45, 2.75) is 12.8 Å². The number of halogens is 1. The van der Waals surface area contributed by atoms with Gasteiger partial charge in [0.05, 0.1) is 10.3 Å². The van der Waals surface area contributed by atoms with Gasteiger partial charge < -0.3 is 5.11 Å². The van der Waals surface area contributed by atoms with Crippen molar-refractivity contribution in [3.8, 4) is 0 Å². The number of hydrogen-bond acceptors (Lipinski definition) is 2. The molecule has 1 N–H and O–H groups in total. The third kappa shape index (κ3) is 3.59. The third-order valence-electron chi connectivity index (χ3n) is 2.75. The van der Waals surface area contributed by atoms with Gasteiger partial charge in [-0.15, -0.1) is 11.3 Å². The highest BCUT2D eigenvalue weighted by molar-refractivity contribution is 7.16. The quantitative estimate of drug-likeness (QED) is 0.902. The van der Waals surface area contributed by atoms with Crippen molar-refractivity contribution in [1.82, 2.24) is 0 Å². The Hall–Kier alpha value is -1.32. The average molecular weight is 281 g/mol. The lowest BCUT2D eigenvalue weighted by molar-refractivity contribution is -0.141. The molecule has 94 valence electrons. The molecule has 1 heterocycles. The van der Waals surface area contributed by atoms with Crippen molar-refractivity contribution in [2.75, 3.05) is 0 Å². The maximum atomic E-state index is 11.3. The van der Waals surface area contributed by atoms with Crippen LogP contribution in [0, 0.1) is 5.92 Å². The number of rotatable bonds is 5. The molecule has 0 radical (unpaired) electrons. The van der Waals surface area contributed by atoms with Gasteiger partial charge in [-0.1, -0.05) is 41.9 Å². The number of aliphatic carboxylic acids is 1. The maximum absolute atomic E-state index is 11.3. The molecule has 0 aliphatic heterocycles. The predicted octanol–water partition coefficient (Wildman–Crippen LogP) is 3.89. The lowest BCUT2D eigenvalue weighted by atomic mass is 9.96. The molecule has 0 amide bonds. The summed E-state index contributed by atoms with van der Waals surface area (Å²) in [6, 6.07) is 13.4. The molecule has 1 unspecified atom stereocenters. The van der Waals surface area contributed by atoms with E-state index in [1.807, 2.05) is 42.5 Å². The smallest absolute Gasteiger partial charge is 0.307 e. The molecule has 2 aromatic rings. The van der Waals surface area contributed by atoms with Gasteiger partial charge in [-0.3, -0.25) is 4.79 Å². The molecule has 0 saturated heterocycles. The van der Waals surface area contributed by atoms with Gasteiger partial charge in [0.2, 0.25) is 0 Å². The molecular weight excluding hydrogens is 268 g/mol. The topological polar surface area (TPSA) is 37.3 Å². The Balaban J connectivity index is 2.07. The van der Waals surface area contributed by atoms with E-state index in [2.05, 4.69) is 0 Å². The lowest BCUT2D eigenvalue weighted by Crippen LogP contribution is -2.18. The van der Waals surface area contributed by atoms with Gasteiger partial charge in [-0.2, -0.15) is 0 Å². The van der Waals surface area contributed by atoms with E-state index in [9.17, 15) is 9.90 Å². The number of benzene rings is 1. The van der Waals surface area contributed by atoms with E-state index in [0.717, 1.165) is 10.4 Å². The first-order valence-electron chi connectivity index (χ1n) is 5.66. The van der Waals surface area contributed by atoms with Crippen molar-refractivity contribution in [1.29, 1.82) is 0 Å². The van der Waals surface area contributed by atoms with Gasteiger partial charge >= 0.3 is 5.97 Å². The van der Waals surface area contributed by atoms with Crippen LogP contribution in [0.15, 0.2) is 42.5 Å². The first-order chi connectivity index (χ1) is 8.65. The number of hydrogen-bond donors (Lipinski definition) is 1. The van der Waals surface area contributed by atoms with Crippen LogP contribution in [0.1, 0.15) is 10.4 Å². The second-order valence-corrected chi connectivity index (χ2v) is 5.93. The molecule has 0 aliphatic rings. The minimum atomic E-state index is -0.761. The standard InChI is InChI=1S/C14H13ClO2S/c15-13-7-6-12(18-13)9-11(14(16)17)8-10-4-2-1-3-5-10/h1-7,11H,8-9H2,(H,16,17). The minimum absolute atomic E-state index is 0.401. The van der Waals surface area contributed by atoms with E-state index >= 15 is 0 Å². The van der Waals surface area contributed by atoms with Crippen LogP contribution in [0.3, 0.4) is 0 Å². The van der Waals surface area contributed by atoms with Gasteiger partial charge in [0.15, 0.2) is 0 Å². The SMILES string of the molecule is O=C(O)C(Cc1ccccc1)Cc1ccc(Cl)s1. The molecule has 1 aromatic carbocycles. The molecule has 0 aliphatic carbocycles. The third-order valence-corrected chi connectivity index (χ3v) is 4.00. The molecule has 1 aromatic heterocycles. The van der Waals surface area contributed by atoms with E-state index in [0.29, 0.717) is 17.2 Å². The van der Waals surface area contributed by atoms with Crippen LogP contribution in [0.2, 0.25) is 4.34 Å². The summed E-state index contributed by atoms with van der Waals surface area (Å²) in [6.07, 6.45) is 1.08. The van der Waals surface area contributed by atoms with Crippen molar-refractivity contribution in [3.63, 3.8) is 0 Å². The van der Waals surface area contributed by atoms with E-state index in [1.165, 1.54) is 11.3 Å². The van der Waals surface area contributed by atoms with Crippen LogP contribution in [0.25, 0.3) is 0 Å². The monoisotopic (exact) mass is 280 g/mol. The van der Waals surface area contributed by atoms with Crippen LogP contribution in [-0.4, -0.2) is 11.1 Å². The fourth-order valence-electron chi connectivity index (χ4n) is 1.85. The maximum Gasteiger partial charge on any atom is 0.307 e. The molecule has 0 spiro atoms. The summed E-state index contributed by atoms with van der Waals surface area (Å²) in [5, 5.41) is 9.27. The van der Waals surface area contributed by atoms with Crippen molar-refractivity contribution in [2.24, 2.45) is 5.92 Å². The summed E-state index contributed by atoms with van der Waals surface area (Å²) >= 11 is 7.30. The second kappa shape index (κ2) is 6.03. The first kappa shape index (κ1) is 13.1. The molecule has 0 bridgehead atoms. The highest BCUT2D eigenvalue weighted by Crippen LogP contribution is 2.25. The summed E-state index contributed by atoms with van der Waals surface area (Å²) < 4.78 is 0.703. The van der Waals surface area contributed by atoms with Crippen molar-refractivity contribution < 1.29 is 9.90 Å². The van der Waals surface area contributed by atoms with Crippen LogP contribution in [-0.2, 0) is 17.6 Å². The van der Waals surface area contributed by atoms with Gasteiger partial charge in [0.1, 0.15) is 0 Å². The molecule has 18 heavy (non-hydrogen) atoms. The Morgan fingerprint density at radius 2 is 1.89 bits per heavy atom. The zero-order valence-electron chi connectivity index (χ0n) is 9.67. The fourth-order valence-corrected chi connectivity index (χ4v) is 3.02. The van der Waals surface area contributed by atoms with E-state index in [-0.39, 0.29) is 0 Å². The van der Waals surface area contributed by atoms with Gasteiger partial charge in [0, 0.05) is 4.88 Å². The predicted molar refractivity (Wildman–Crippen MR) is 74.3 cm³/mol. The van der Waals surface area contributed by atoms with E-state index in [1.54, 1.807) is 0 Å². The lowest BCUT2D eigenvalue weighted by Gasteiger charge is -2.11. The average Bonchev–Trinajstić information content (AvgIpc) is 2.75. The number of carboxylic acids is 1. The van der Waals surface area contributed by atoms with E-state index in [4.69, 9.17) is 11.6 Å². The molecule has 4 heteroatoms. The summed E-state index contributed by atoms with van der Waals surface area (Å²) in [4.78, 5) is 12.3. The Morgan fingerprint density at radius 3 is 2.44 bits per heavy atom. The first-order valence-corrected chi connectivity index (χ1v) is 6.85. The number of carboxylic acid groups (broad SMARTS) is 1. The molecule has 1 atom stereocenters. The summed E-state index contributed by atoms with van der Waals surface area (Å²) in [5.74, 6) is -1.16. The fraction of sp³-hybridized carbons (Fsp3) is 0.214. The zero-order valence-corrected chi connectivity index (χ0v) is 11.2. The number of thiophene rings is 1. The number of carbonyl (C=O) groups is 1. The largest absolute Gasteiger partial charge is 0.481 e. The summed E-state index contributed by atoms with van der Waals surface area (Å²) in [6.45, 7) is 0. The summed E-state index contributed by atoms with van der Waals surface area (Å²) in [5.41, 5.74) is 1.05. The van der Waals surface area contributed by atoms with Crippen LogP contribution < -0.4 is 0 Å². The van der Waals surface area contributed by atoms with Crippen molar-refractivity contribution >= 4 is 28.9 Å². The highest BCUT2D eigenvalue weighted by Gasteiger charge is 2.19. The van der Waals surface area contributed by atoms with Gasteiger partial charge in [0.25, 0.3) is 0 Å². The zero-order chi connectivity index (χ0) is 13.0. The highest BCUT2D eigenvalue weighted by atomic mass is 35.5. The molecule has 0 saturated carbocycles. The van der Waals surface area contributed by atoms with E-state index < -0.39 is 11.9 Å². The Morgan fingerprint density at radius 1 is 1.17 bits per heavy atom. The summed E-state index contributed by atoms with van der Waals surface area (Å²) in [7, 11) is 0. The Labute approximate surface area is 115 Å². The molecule has 0 fully saturated rings. The van der Waals surface area contributed by atoms with Gasteiger partial charge in [-0.25, -0.2) is 0 Å². The van der Waals surface area contributed by atoms with Crippen LogP contribution in [0.5, 0.6) is 0 Å². The van der Waals surface area contributed by atoms with Crippen molar-refractivity contribution in [3.05, 3.63) is 57.2 Å². The minimum Gasteiger partial charge on any atom is -0.481 e. The van der Waals surface area contributed by atoms with Crippen LogP contribution >= 0.6 is 22.9 Å². The Bertz CT molecular complexity index is 522. The Kier molecular flexibility index (Phi) is 4.39. The van der Waals surface area contributed by atoms with Crippen LogP contribution in [0.4, 0.5) is 0 Å². The molecule has 2 rings (SSSR count). The second-order valence-electron chi connectivity index (χ2n) is 4.13. The normalized spacial score (nSPS) is 12.3. The van der Waals surface area contributed by atoms with Gasteiger partial charge in [-0.05, 0) is 30.5 Å². The molecular formula is C14H13ClO2S. The molecule has 2 nitrogen and oxygen atoms in total.